The molecule has 0 aliphatic carbocycles. The summed E-state index contributed by atoms with van der Waals surface area (Å²) < 4.78 is 13.9. The van der Waals surface area contributed by atoms with Crippen molar-refractivity contribution in [2.75, 3.05) is 21.3 Å². The van der Waals surface area contributed by atoms with Crippen molar-refractivity contribution in [3.8, 4) is 0 Å². The van der Waals surface area contributed by atoms with Crippen LogP contribution < -0.4 is 0 Å². The van der Waals surface area contributed by atoms with E-state index in [1.807, 2.05) is 0 Å². The number of esters is 2. The highest BCUT2D eigenvalue weighted by molar-refractivity contribution is 5.91. The van der Waals surface area contributed by atoms with Crippen molar-refractivity contribution < 1.29 is 28.6 Å². The summed E-state index contributed by atoms with van der Waals surface area (Å²) in [4.78, 5) is 36.0. The smallest absolute Gasteiger partial charge is 0.417 e. The van der Waals surface area contributed by atoms with Crippen LogP contribution in [-0.2, 0) is 23.8 Å². The van der Waals surface area contributed by atoms with Crippen LogP contribution in [0, 0.1) is 5.41 Å². The molecule has 0 aromatic carbocycles. The van der Waals surface area contributed by atoms with Gasteiger partial charge < -0.3 is 14.2 Å². The number of nitrogens with zero attached hydrogens (tertiary/aromatic N) is 1. The molecule has 0 spiro atoms. The first-order valence-corrected chi connectivity index (χ1v) is 5.99. The predicted octanol–water partition coefficient (Wildman–Crippen LogP) is 1.37. The zero-order chi connectivity index (χ0) is 16.0. The van der Waals surface area contributed by atoms with E-state index >= 15 is 0 Å². The second-order valence-electron chi connectivity index (χ2n) is 4.31. The first kappa shape index (κ1) is 16.5. The number of hydrogen-bond acceptors (Lipinski definition) is 6. The van der Waals surface area contributed by atoms with Crippen LogP contribution in [0.5, 0.6) is 0 Å². The van der Waals surface area contributed by atoms with Crippen molar-refractivity contribution in [1.82, 2.24) is 4.90 Å². The quantitative estimate of drug-likeness (QED) is 0.442. The Balaban J connectivity index is 3.02. The molecule has 0 atom stereocenters. The lowest BCUT2D eigenvalue weighted by Gasteiger charge is -2.29. The van der Waals surface area contributed by atoms with Crippen molar-refractivity contribution in [2.24, 2.45) is 5.41 Å². The minimum Gasteiger partial charge on any atom is -0.468 e. The molecule has 0 unspecified atom stereocenters. The number of amides is 1. The zero-order valence-electron chi connectivity index (χ0n) is 12.1. The summed E-state index contributed by atoms with van der Waals surface area (Å²) in [6, 6.07) is 0. The monoisotopic (exact) mass is 295 g/mol. The van der Waals surface area contributed by atoms with E-state index in [1.165, 1.54) is 45.9 Å². The number of methoxy groups -OCH3 is 3. The van der Waals surface area contributed by atoms with Gasteiger partial charge >= 0.3 is 18.0 Å². The summed E-state index contributed by atoms with van der Waals surface area (Å²) in [5.41, 5.74) is -1.10. The standard InChI is InChI=1S/C14H17NO6/c1-10(11(16)19-2)9-14(12(17)20-3)5-7-15(8-6-14)13(18)21-4/h5-8H,1,9H2,2-4H3. The third kappa shape index (κ3) is 3.50. The Morgan fingerprint density at radius 2 is 1.62 bits per heavy atom. The minimum atomic E-state index is -1.22. The van der Waals surface area contributed by atoms with Gasteiger partial charge in [-0.2, -0.15) is 0 Å². The van der Waals surface area contributed by atoms with Gasteiger partial charge in [-0.15, -0.1) is 0 Å². The van der Waals surface area contributed by atoms with Gasteiger partial charge in [0, 0.05) is 24.4 Å². The molecule has 114 valence electrons. The molecule has 0 saturated heterocycles. The SMILES string of the molecule is C=C(CC1(C(=O)OC)C=CN(C(=O)OC)C=C1)C(=O)OC. The molecule has 1 aliphatic heterocycles. The van der Waals surface area contributed by atoms with E-state index < -0.39 is 23.4 Å². The molecule has 0 bridgehead atoms. The fourth-order valence-electron chi connectivity index (χ4n) is 1.84. The summed E-state index contributed by atoms with van der Waals surface area (Å²) >= 11 is 0. The van der Waals surface area contributed by atoms with Crippen LogP contribution in [-0.4, -0.2) is 44.3 Å². The van der Waals surface area contributed by atoms with Crippen LogP contribution in [0.3, 0.4) is 0 Å². The second-order valence-corrected chi connectivity index (χ2v) is 4.31. The van der Waals surface area contributed by atoms with E-state index in [0.29, 0.717) is 0 Å². The maximum Gasteiger partial charge on any atom is 0.417 e. The molecule has 7 nitrogen and oxygen atoms in total. The third-order valence-corrected chi connectivity index (χ3v) is 3.00. The van der Waals surface area contributed by atoms with E-state index in [1.54, 1.807) is 0 Å². The maximum atomic E-state index is 12.0. The average molecular weight is 295 g/mol. The van der Waals surface area contributed by atoms with E-state index in [2.05, 4.69) is 16.1 Å². The van der Waals surface area contributed by atoms with Gasteiger partial charge in [-0.05, 0) is 12.2 Å². The van der Waals surface area contributed by atoms with Crippen LogP contribution in [0.15, 0.2) is 36.7 Å². The first-order valence-electron chi connectivity index (χ1n) is 5.99. The molecule has 1 rings (SSSR count). The van der Waals surface area contributed by atoms with Crippen molar-refractivity contribution in [2.45, 2.75) is 6.42 Å². The van der Waals surface area contributed by atoms with Crippen molar-refractivity contribution in [3.05, 3.63) is 36.7 Å². The van der Waals surface area contributed by atoms with Crippen LogP contribution in [0.2, 0.25) is 0 Å². The molecule has 0 N–H and O–H groups in total. The number of ether oxygens (including phenoxy) is 3. The predicted molar refractivity (Wildman–Crippen MR) is 72.7 cm³/mol. The molecular weight excluding hydrogens is 278 g/mol. The normalized spacial score (nSPS) is 15.3. The van der Waals surface area contributed by atoms with Gasteiger partial charge in [-0.25, -0.2) is 9.59 Å². The number of hydrogen-bond donors (Lipinski definition) is 0. The number of carbonyl (C=O) groups excluding carboxylic acids is 3. The Morgan fingerprint density at radius 3 is 2.05 bits per heavy atom. The zero-order valence-corrected chi connectivity index (χ0v) is 12.1. The lowest BCUT2D eigenvalue weighted by atomic mass is 9.80. The average Bonchev–Trinajstić information content (AvgIpc) is 2.52. The lowest BCUT2D eigenvalue weighted by Crippen LogP contribution is -2.34. The van der Waals surface area contributed by atoms with Gasteiger partial charge in [-0.1, -0.05) is 6.58 Å². The van der Waals surface area contributed by atoms with Gasteiger partial charge in [0.15, 0.2) is 0 Å². The molecular formula is C14H17NO6. The number of carbonyl (C=O) groups is 3. The Hall–Kier alpha value is -2.57. The van der Waals surface area contributed by atoms with Gasteiger partial charge in [0.05, 0.1) is 21.3 Å². The molecule has 1 amide bonds. The van der Waals surface area contributed by atoms with Crippen molar-refractivity contribution in [3.63, 3.8) is 0 Å². The largest absolute Gasteiger partial charge is 0.468 e. The summed E-state index contributed by atoms with van der Waals surface area (Å²) in [7, 11) is 3.70. The van der Waals surface area contributed by atoms with Crippen molar-refractivity contribution >= 4 is 18.0 Å². The highest BCUT2D eigenvalue weighted by Gasteiger charge is 2.39. The Labute approximate surface area is 122 Å². The van der Waals surface area contributed by atoms with Gasteiger partial charge in [0.2, 0.25) is 0 Å². The summed E-state index contributed by atoms with van der Waals surface area (Å²) in [5, 5.41) is 0. The van der Waals surface area contributed by atoms with Crippen LogP contribution in [0.1, 0.15) is 6.42 Å². The first-order chi connectivity index (χ1) is 9.90. The summed E-state index contributed by atoms with van der Waals surface area (Å²) in [6.07, 6.45) is 5.01. The summed E-state index contributed by atoms with van der Waals surface area (Å²) in [6.45, 7) is 3.60. The molecule has 0 radical (unpaired) electrons. The highest BCUT2D eigenvalue weighted by atomic mass is 16.5. The Kier molecular flexibility index (Phi) is 5.29. The third-order valence-electron chi connectivity index (χ3n) is 3.00. The van der Waals surface area contributed by atoms with E-state index in [0.717, 1.165) is 4.90 Å². The van der Waals surface area contributed by atoms with E-state index in [9.17, 15) is 14.4 Å². The molecule has 0 saturated carbocycles. The van der Waals surface area contributed by atoms with Crippen molar-refractivity contribution in [1.29, 1.82) is 0 Å². The van der Waals surface area contributed by atoms with Gasteiger partial charge in [-0.3, -0.25) is 9.69 Å². The molecule has 0 aromatic rings. The fraction of sp³-hybridized carbons (Fsp3) is 0.357. The second kappa shape index (κ2) is 6.74. The topological polar surface area (TPSA) is 82.1 Å². The molecule has 1 heterocycles. The Bertz CT molecular complexity index is 506. The highest BCUT2D eigenvalue weighted by Crippen LogP contribution is 2.34. The Morgan fingerprint density at radius 1 is 1.05 bits per heavy atom. The van der Waals surface area contributed by atoms with Crippen LogP contribution >= 0.6 is 0 Å². The van der Waals surface area contributed by atoms with Gasteiger partial charge in [0.25, 0.3) is 0 Å². The fourth-order valence-corrected chi connectivity index (χ4v) is 1.84. The van der Waals surface area contributed by atoms with Crippen LogP contribution in [0.4, 0.5) is 4.79 Å². The minimum absolute atomic E-state index is 0.0195. The molecule has 1 aliphatic rings. The van der Waals surface area contributed by atoms with Crippen LogP contribution in [0.25, 0.3) is 0 Å². The maximum absolute atomic E-state index is 12.0. The van der Waals surface area contributed by atoms with E-state index in [-0.39, 0.29) is 12.0 Å². The number of rotatable bonds is 4. The lowest BCUT2D eigenvalue weighted by molar-refractivity contribution is -0.147. The van der Waals surface area contributed by atoms with E-state index in [4.69, 9.17) is 4.74 Å². The molecule has 0 fully saturated rings. The molecule has 0 aromatic heterocycles. The summed E-state index contributed by atoms with van der Waals surface area (Å²) in [5.74, 6) is -1.19. The molecule has 7 heteroatoms. The van der Waals surface area contributed by atoms with Gasteiger partial charge in [0.1, 0.15) is 5.41 Å². The molecule has 21 heavy (non-hydrogen) atoms.